The summed E-state index contributed by atoms with van der Waals surface area (Å²) in [5.74, 6) is 1.98. The molecule has 3 nitrogen and oxygen atoms in total. The van der Waals surface area contributed by atoms with Gasteiger partial charge in [-0.1, -0.05) is 19.8 Å². The summed E-state index contributed by atoms with van der Waals surface area (Å²) in [7, 11) is 1.47. The molecule has 0 bridgehead atoms. The van der Waals surface area contributed by atoms with Crippen LogP contribution in [0.25, 0.3) is 0 Å². The summed E-state index contributed by atoms with van der Waals surface area (Å²) >= 11 is 2.01. The van der Waals surface area contributed by atoms with Gasteiger partial charge in [0.05, 0.1) is 7.11 Å². The van der Waals surface area contributed by atoms with Crippen molar-refractivity contribution in [3.8, 4) is 0 Å². The molecule has 0 amide bonds. The van der Waals surface area contributed by atoms with Crippen LogP contribution in [0.4, 0.5) is 0 Å². The van der Waals surface area contributed by atoms with Crippen molar-refractivity contribution in [3.63, 3.8) is 0 Å². The van der Waals surface area contributed by atoms with E-state index in [1.807, 2.05) is 18.7 Å². The quantitative estimate of drug-likeness (QED) is 0.695. The van der Waals surface area contributed by atoms with E-state index in [2.05, 4.69) is 26.1 Å². The maximum absolute atomic E-state index is 12.1. The van der Waals surface area contributed by atoms with Crippen LogP contribution >= 0.6 is 11.8 Å². The first-order valence-electron chi connectivity index (χ1n) is 7.85. The Morgan fingerprint density at radius 3 is 2.45 bits per heavy atom. The number of methoxy groups -OCH3 is 1. The Bertz CT molecular complexity index is 303. The van der Waals surface area contributed by atoms with E-state index in [1.165, 1.54) is 38.5 Å². The molecule has 4 heteroatoms. The lowest BCUT2D eigenvalue weighted by Crippen LogP contribution is -2.54. The zero-order valence-electron chi connectivity index (χ0n) is 13.7. The van der Waals surface area contributed by atoms with Gasteiger partial charge in [0.2, 0.25) is 0 Å². The zero-order chi connectivity index (χ0) is 15.2. The predicted octanol–water partition coefficient (Wildman–Crippen LogP) is 3.62. The summed E-state index contributed by atoms with van der Waals surface area (Å²) < 4.78 is 4.98. The van der Waals surface area contributed by atoms with Gasteiger partial charge in [0.25, 0.3) is 0 Å². The molecule has 0 aromatic rings. The monoisotopic (exact) mass is 301 g/mol. The fourth-order valence-corrected chi connectivity index (χ4v) is 4.56. The first-order valence-corrected chi connectivity index (χ1v) is 8.90. The lowest BCUT2D eigenvalue weighted by atomic mass is 9.95. The van der Waals surface area contributed by atoms with Crippen LogP contribution < -0.4 is 5.32 Å². The van der Waals surface area contributed by atoms with Crippen molar-refractivity contribution in [1.82, 2.24) is 5.32 Å². The van der Waals surface area contributed by atoms with Gasteiger partial charge in [-0.15, -0.1) is 0 Å². The highest BCUT2D eigenvalue weighted by Crippen LogP contribution is 2.31. The summed E-state index contributed by atoms with van der Waals surface area (Å²) in [6.07, 6.45) is 6.38. The number of nitrogens with one attached hydrogen (secondary N) is 1. The maximum Gasteiger partial charge on any atom is 0.325 e. The van der Waals surface area contributed by atoms with Gasteiger partial charge in [0, 0.05) is 11.3 Å². The zero-order valence-corrected chi connectivity index (χ0v) is 14.5. The highest BCUT2D eigenvalue weighted by atomic mass is 32.2. The van der Waals surface area contributed by atoms with E-state index in [0.29, 0.717) is 5.25 Å². The van der Waals surface area contributed by atoms with Crippen LogP contribution in [0.5, 0.6) is 0 Å². The van der Waals surface area contributed by atoms with Gasteiger partial charge in [0.15, 0.2) is 0 Å². The number of thioether (sulfide) groups is 1. The van der Waals surface area contributed by atoms with Crippen LogP contribution in [0.15, 0.2) is 0 Å². The number of ether oxygens (including phenoxy) is 1. The molecular weight excluding hydrogens is 270 g/mol. The Morgan fingerprint density at radius 2 is 1.95 bits per heavy atom. The SMILES string of the molecule is COC(=O)C(C)(CC(C)SCC1CCCC1)NC(C)C. The minimum absolute atomic E-state index is 0.153. The molecule has 1 saturated carbocycles. The van der Waals surface area contributed by atoms with Crippen LogP contribution in [0, 0.1) is 5.92 Å². The van der Waals surface area contributed by atoms with Crippen molar-refractivity contribution < 1.29 is 9.53 Å². The van der Waals surface area contributed by atoms with E-state index in [4.69, 9.17) is 4.74 Å². The molecule has 1 aliphatic rings. The van der Waals surface area contributed by atoms with E-state index in [0.717, 1.165) is 12.3 Å². The van der Waals surface area contributed by atoms with Gasteiger partial charge in [0.1, 0.15) is 5.54 Å². The molecule has 1 N–H and O–H groups in total. The van der Waals surface area contributed by atoms with E-state index in [1.54, 1.807) is 0 Å². The van der Waals surface area contributed by atoms with Crippen molar-refractivity contribution in [1.29, 1.82) is 0 Å². The smallest absolute Gasteiger partial charge is 0.325 e. The average Bonchev–Trinajstić information content (AvgIpc) is 2.87. The number of rotatable bonds is 8. The molecule has 2 unspecified atom stereocenters. The lowest BCUT2D eigenvalue weighted by Gasteiger charge is -2.32. The number of hydrogen-bond donors (Lipinski definition) is 1. The normalized spacial score (nSPS) is 20.9. The second kappa shape index (κ2) is 8.28. The van der Waals surface area contributed by atoms with Gasteiger partial charge in [-0.25, -0.2) is 0 Å². The molecule has 1 fully saturated rings. The Kier molecular flexibility index (Phi) is 7.38. The highest BCUT2D eigenvalue weighted by Gasteiger charge is 2.36. The molecule has 0 saturated heterocycles. The second-order valence-electron chi connectivity index (χ2n) is 6.62. The molecular formula is C16H31NO2S. The number of carbonyl (C=O) groups excluding carboxylic acids is 1. The molecule has 1 rings (SSSR count). The summed E-state index contributed by atoms with van der Waals surface area (Å²) in [6.45, 7) is 8.32. The molecule has 0 aliphatic heterocycles. The Labute approximate surface area is 128 Å². The van der Waals surface area contributed by atoms with E-state index < -0.39 is 5.54 Å². The third-order valence-corrected chi connectivity index (χ3v) is 5.43. The third-order valence-electron chi connectivity index (χ3n) is 4.03. The first kappa shape index (κ1) is 17.8. The second-order valence-corrected chi connectivity index (χ2v) is 8.09. The van der Waals surface area contributed by atoms with Crippen molar-refractivity contribution in [3.05, 3.63) is 0 Å². The third kappa shape index (κ3) is 5.65. The maximum atomic E-state index is 12.1. The van der Waals surface area contributed by atoms with Gasteiger partial charge in [-0.3, -0.25) is 10.1 Å². The van der Waals surface area contributed by atoms with Crippen LogP contribution in [-0.4, -0.2) is 35.7 Å². The predicted molar refractivity (Wildman–Crippen MR) is 87.2 cm³/mol. The van der Waals surface area contributed by atoms with Crippen molar-refractivity contribution in [2.45, 2.75) is 76.6 Å². The fourth-order valence-electron chi connectivity index (χ4n) is 3.17. The number of carbonyl (C=O) groups is 1. The average molecular weight is 301 g/mol. The Balaban J connectivity index is 2.48. The summed E-state index contributed by atoms with van der Waals surface area (Å²) in [5, 5.41) is 3.84. The topological polar surface area (TPSA) is 38.3 Å². The first-order chi connectivity index (χ1) is 9.37. The minimum Gasteiger partial charge on any atom is -0.468 e. The van der Waals surface area contributed by atoms with Gasteiger partial charge < -0.3 is 4.74 Å². The number of esters is 1. The minimum atomic E-state index is -0.578. The fraction of sp³-hybridized carbons (Fsp3) is 0.938. The Morgan fingerprint density at radius 1 is 1.35 bits per heavy atom. The van der Waals surface area contributed by atoms with E-state index in [-0.39, 0.29) is 12.0 Å². The van der Waals surface area contributed by atoms with Crippen LogP contribution in [0.1, 0.15) is 59.8 Å². The van der Waals surface area contributed by atoms with Gasteiger partial charge in [-0.05, 0) is 51.7 Å². The largest absolute Gasteiger partial charge is 0.468 e. The summed E-state index contributed by atoms with van der Waals surface area (Å²) in [6, 6.07) is 0.270. The van der Waals surface area contributed by atoms with Crippen LogP contribution in [0.3, 0.4) is 0 Å². The molecule has 0 aromatic carbocycles. The molecule has 2 atom stereocenters. The lowest BCUT2D eigenvalue weighted by molar-refractivity contribution is -0.148. The number of hydrogen-bond acceptors (Lipinski definition) is 4. The molecule has 1 aliphatic carbocycles. The molecule has 0 aromatic heterocycles. The van der Waals surface area contributed by atoms with Crippen molar-refractivity contribution >= 4 is 17.7 Å². The molecule has 118 valence electrons. The van der Waals surface area contributed by atoms with E-state index in [9.17, 15) is 4.79 Å². The summed E-state index contributed by atoms with van der Waals surface area (Å²) in [5.41, 5.74) is -0.578. The highest BCUT2D eigenvalue weighted by molar-refractivity contribution is 7.99. The molecule has 0 spiro atoms. The van der Waals surface area contributed by atoms with Crippen LogP contribution in [0.2, 0.25) is 0 Å². The molecule has 20 heavy (non-hydrogen) atoms. The standard InChI is InChI=1S/C16H31NO2S/c1-12(2)17-16(4,15(18)19-5)10-13(3)20-11-14-8-6-7-9-14/h12-14,17H,6-11H2,1-5H3. The molecule has 0 heterocycles. The molecule has 0 radical (unpaired) electrons. The Hall–Kier alpha value is -0.220. The van der Waals surface area contributed by atoms with Gasteiger partial charge in [-0.2, -0.15) is 11.8 Å². The van der Waals surface area contributed by atoms with E-state index >= 15 is 0 Å². The summed E-state index contributed by atoms with van der Waals surface area (Å²) in [4.78, 5) is 12.1. The van der Waals surface area contributed by atoms with Crippen molar-refractivity contribution in [2.24, 2.45) is 5.92 Å². The van der Waals surface area contributed by atoms with Crippen LogP contribution in [-0.2, 0) is 9.53 Å². The van der Waals surface area contributed by atoms with Crippen molar-refractivity contribution in [2.75, 3.05) is 12.9 Å². The van der Waals surface area contributed by atoms with Gasteiger partial charge >= 0.3 is 5.97 Å².